The molecule has 250 valence electrons. The highest BCUT2D eigenvalue weighted by Gasteiger charge is 2.31. The van der Waals surface area contributed by atoms with Gasteiger partial charge in [0.2, 0.25) is 0 Å². The topological polar surface area (TPSA) is 149 Å². The van der Waals surface area contributed by atoms with E-state index in [0.29, 0.717) is 49.5 Å². The summed E-state index contributed by atoms with van der Waals surface area (Å²) in [4.78, 5) is 51.7. The summed E-state index contributed by atoms with van der Waals surface area (Å²) in [5, 5.41) is 46.3. The molecule has 0 saturated heterocycles. The average molecular weight is 683 g/mol. The second-order valence-electron chi connectivity index (χ2n) is 12.4. The number of carboxylic acids is 4. The lowest BCUT2D eigenvalue weighted by Gasteiger charge is -2.27. The molecular weight excluding hydrogens is 656 g/mol. The van der Waals surface area contributed by atoms with Crippen LogP contribution in [0.15, 0.2) is 133 Å². The third-order valence-electron chi connectivity index (χ3n) is 9.64. The quantitative estimate of drug-likeness (QED) is 0.116. The first-order chi connectivity index (χ1) is 25.2. The molecule has 0 aromatic heterocycles. The molecule has 0 aliphatic carbocycles. The minimum atomic E-state index is -1.24. The van der Waals surface area contributed by atoms with Crippen LogP contribution in [-0.2, 0) is 0 Å². The summed E-state index contributed by atoms with van der Waals surface area (Å²) < 4.78 is 0. The van der Waals surface area contributed by atoms with E-state index in [9.17, 15) is 39.6 Å². The fraction of sp³-hybridized carbons (Fsp3) is 0. The van der Waals surface area contributed by atoms with Gasteiger partial charge in [-0.3, -0.25) is 0 Å². The van der Waals surface area contributed by atoms with E-state index in [1.807, 2.05) is 36.4 Å². The molecule has 0 fully saturated rings. The summed E-state index contributed by atoms with van der Waals surface area (Å²) in [6.07, 6.45) is 0. The molecule has 8 aromatic rings. The predicted octanol–water partition coefficient (Wildman–Crippen LogP) is 10.0. The number of carbonyl (C=O) groups is 4. The Labute approximate surface area is 295 Å². The van der Waals surface area contributed by atoms with E-state index in [-0.39, 0.29) is 33.4 Å². The van der Waals surface area contributed by atoms with Crippen LogP contribution in [0.5, 0.6) is 0 Å². The van der Waals surface area contributed by atoms with Crippen molar-refractivity contribution in [3.8, 4) is 44.5 Å². The Morgan fingerprint density at radius 2 is 0.750 bits per heavy atom. The molecule has 8 aromatic carbocycles. The number of benzene rings is 8. The second kappa shape index (κ2) is 12.2. The third-order valence-corrected chi connectivity index (χ3v) is 9.64. The van der Waals surface area contributed by atoms with Crippen LogP contribution in [0.3, 0.4) is 0 Å². The van der Waals surface area contributed by atoms with Crippen LogP contribution in [-0.4, -0.2) is 44.3 Å². The molecule has 4 N–H and O–H groups in total. The fourth-order valence-electron chi connectivity index (χ4n) is 7.60. The summed E-state index contributed by atoms with van der Waals surface area (Å²) in [7, 11) is 0. The molecule has 0 saturated carbocycles. The standard InChI is InChI=1S/C44H26O8/c45-41(46)29-16-5-1-12-25(29)34-22-24-11-9-10-23-20-21-33-36(26-13-2-6-17-30(26)42(47)48)37(27-14-3-7-18-31(27)43(49)50)38(40(34)39(33)35(23)24)28-15-4-8-19-32(28)44(51)52/h1-22H,(H,45,46)(H,47,48)(H,49,50)(H,51,52). The molecule has 0 aliphatic heterocycles. The summed E-state index contributed by atoms with van der Waals surface area (Å²) >= 11 is 0. The van der Waals surface area contributed by atoms with Gasteiger partial charge in [0, 0.05) is 0 Å². The molecule has 0 amide bonds. The van der Waals surface area contributed by atoms with Gasteiger partial charge in [-0.2, -0.15) is 0 Å². The molecule has 8 nitrogen and oxygen atoms in total. The highest BCUT2D eigenvalue weighted by atomic mass is 16.4. The van der Waals surface area contributed by atoms with Crippen molar-refractivity contribution in [1.29, 1.82) is 0 Å². The zero-order valence-electron chi connectivity index (χ0n) is 27.1. The third kappa shape index (κ3) is 4.85. The van der Waals surface area contributed by atoms with E-state index in [4.69, 9.17) is 0 Å². The maximum Gasteiger partial charge on any atom is 0.336 e. The van der Waals surface area contributed by atoms with Gasteiger partial charge in [-0.15, -0.1) is 0 Å². The van der Waals surface area contributed by atoms with Crippen molar-refractivity contribution >= 4 is 56.2 Å². The van der Waals surface area contributed by atoms with Crippen LogP contribution in [0.1, 0.15) is 41.4 Å². The Bertz CT molecular complexity index is 2810. The van der Waals surface area contributed by atoms with Gasteiger partial charge < -0.3 is 20.4 Å². The maximum absolute atomic E-state index is 13.0. The van der Waals surface area contributed by atoms with Gasteiger partial charge in [0.25, 0.3) is 0 Å². The van der Waals surface area contributed by atoms with Gasteiger partial charge in [-0.05, 0) is 107 Å². The summed E-state index contributed by atoms with van der Waals surface area (Å²) in [5.41, 5.74) is 2.42. The second-order valence-corrected chi connectivity index (χ2v) is 12.4. The lowest BCUT2D eigenvalue weighted by Crippen LogP contribution is -2.07. The summed E-state index contributed by atoms with van der Waals surface area (Å²) in [6.45, 7) is 0. The first-order valence-electron chi connectivity index (χ1n) is 16.3. The van der Waals surface area contributed by atoms with Crippen molar-refractivity contribution in [2.75, 3.05) is 0 Å². The first kappa shape index (κ1) is 31.9. The Hall–Kier alpha value is -7.32. The van der Waals surface area contributed by atoms with E-state index < -0.39 is 23.9 Å². The van der Waals surface area contributed by atoms with Crippen molar-refractivity contribution in [2.24, 2.45) is 0 Å². The van der Waals surface area contributed by atoms with Crippen LogP contribution in [0.2, 0.25) is 0 Å². The van der Waals surface area contributed by atoms with E-state index in [2.05, 4.69) is 0 Å². The van der Waals surface area contributed by atoms with Crippen LogP contribution in [0, 0.1) is 0 Å². The minimum absolute atomic E-state index is 0.0127. The van der Waals surface area contributed by atoms with E-state index in [1.165, 1.54) is 24.3 Å². The maximum atomic E-state index is 13.0. The molecule has 0 atom stereocenters. The zero-order valence-corrected chi connectivity index (χ0v) is 27.1. The largest absolute Gasteiger partial charge is 0.478 e. The van der Waals surface area contributed by atoms with Crippen molar-refractivity contribution in [3.05, 3.63) is 156 Å². The van der Waals surface area contributed by atoms with Crippen LogP contribution in [0.4, 0.5) is 0 Å². The molecule has 8 rings (SSSR count). The van der Waals surface area contributed by atoms with Gasteiger partial charge in [-0.25, -0.2) is 19.2 Å². The first-order valence-corrected chi connectivity index (χ1v) is 16.3. The van der Waals surface area contributed by atoms with E-state index in [0.717, 1.165) is 16.2 Å². The highest BCUT2D eigenvalue weighted by molar-refractivity contribution is 6.35. The SMILES string of the molecule is O=C(O)c1ccccc1-c1c(-c2ccccc2C(=O)O)c2ccc3cccc4cc(-c5ccccc5C(=O)O)c(c1-c1ccccc1C(=O)O)c2c34. The molecule has 0 spiro atoms. The Morgan fingerprint density at radius 1 is 0.327 bits per heavy atom. The van der Waals surface area contributed by atoms with E-state index in [1.54, 1.807) is 72.8 Å². The summed E-state index contributed by atoms with van der Waals surface area (Å²) in [6, 6.07) is 37.1. The Kier molecular flexibility index (Phi) is 7.50. The lowest BCUT2D eigenvalue weighted by atomic mass is 9.75. The molecule has 0 aliphatic rings. The van der Waals surface area contributed by atoms with Gasteiger partial charge in [0.1, 0.15) is 0 Å². The Morgan fingerprint density at radius 3 is 1.27 bits per heavy atom. The van der Waals surface area contributed by atoms with E-state index >= 15 is 0 Å². The number of hydrogen-bond donors (Lipinski definition) is 4. The molecule has 0 bridgehead atoms. The van der Waals surface area contributed by atoms with Gasteiger partial charge in [-0.1, -0.05) is 103 Å². The number of hydrogen-bond acceptors (Lipinski definition) is 4. The van der Waals surface area contributed by atoms with Crippen molar-refractivity contribution in [2.45, 2.75) is 0 Å². The lowest BCUT2D eigenvalue weighted by molar-refractivity contribution is 0.0686. The normalized spacial score (nSPS) is 11.3. The number of carboxylic acid groups (broad SMARTS) is 4. The van der Waals surface area contributed by atoms with Gasteiger partial charge >= 0.3 is 23.9 Å². The fourth-order valence-corrected chi connectivity index (χ4v) is 7.60. The van der Waals surface area contributed by atoms with Crippen molar-refractivity contribution in [1.82, 2.24) is 0 Å². The van der Waals surface area contributed by atoms with Crippen LogP contribution < -0.4 is 0 Å². The smallest absolute Gasteiger partial charge is 0.336 e. The van der Waals surface area contributed by atoms with Crippen LogP contribution >= 0.6 is 0 Å². The zero-order chi connectivity index (χ0) is 36.3. The molecule has 0 radical (unpaired) electrons. The predicted molar refractivity (Wildman–Crippen MR) is 200 cm³/mol. The number of rotatable bonds is 8. The number of aromatic carboxylic acids is 4. The molecular formula is C44H26O8. The monoisotopic (exact) mass is 682 g/mol. The van der Waals surface area contributed by atoms with Gasteiger partial charge in [0.15, 0.2) is 0 Å². The minimum Gasteiger partial charge on any atom is -0.478 e. The van der Waals surface area contributed by atoms with Crippen molar-refractivity contribution in [3.63, 3.8) is 0 Å². The van der Waals surface area contributed by atoms with Gasteiger partial charge in [0.05, 0.1) is 22.3 Å². The average Bonchev–Trinajstić information content (AvgIpc) is 3.16. The highest BCUT2D eigenvalue weighted by Crippen LogP contribution is 2.55. The molecule has 52 heavy (non-hydrogen) atoms. The van der Waals surface area contributed by atoms with Crippen molar-refractivity contribution < 1.29 is 39.6 Å². The Balaban J connectivity index is 1.79. The summed E-state index contributed by atoms with van der Waals surface area (Å²) in [5.74, 6) is -4.85. The van der Waals surface area contributed by atoms with Crippen LogP contribution in [0.25, 0.3) is 76.8 Å². The molecule has 0 heterocycles. The molecule has 0 unspecified atom stereocenters. The molecule has 8 heteroatoms.